The van der Waals surface area contributed by atoms with Gasteiger partial charge in [-0.2, -0.15) is 0 Å². The van der Waals surface area contributed by atoms with Crippen LogP contribution in [0.2, 0.25) is 0 Å². The van der Waals surface area contributed by atoms with E-state index in [4.69, 9.17) is 9.47 Å². The van der Waals surface area contributed by atoms with Gasteiger partial charge in [0, 0.05) is 18.3 Å². The average molecular weight is 476 g/mol. The van der Waals surface area contributed by atoms with Gasteiger partial charge in [0.25, 0.3) is 0 Å². The van der Waals surface area contributed by atoms with Gasteiger partial charge in [-0.05, 0) is 51.9 Å². The first-order valence-electron chi connectivity index (χ1n) is 12.4. The maximum absolute atomic E-state index is 13.4. The average Bonchev–Trinajstić information content (AvgIpc) is 3.24. The maximum Gasteiger partial charge on any atom is 0.410 e. The van der Waals surface area contributed by atoms with Gasteiger partial charge >= 0.3 is 6.09 Å². The van der Waals surface area contributed by atoms with Crippen LogP contribution in [0.4, 0.5) is 4.79 Å². The number of aromatic nitrogens is 2. The number of ether oxygens (including phenoxy) is 2. The normalized spacial score (nSPS) is 20.6. The lowest BCUT2D eigenvalue weighted by Crippen LogP contribution is -2.56. The summed E-state index contributed by atoms with van der Waals surface area (Å²) in [5.74, 6) is 0.0482. The zero-order chi connectivity index (χ0) is 24.1. The molecule has 1 fully saturated rings. The van der Waals surface area contributed by atoms with Crippen molar-refractivity contribution in [1.29, 1.82) is 0 Å². The van der Waals surface area contributed by atoms with Crippen LogP contribution in [-0.2, 0) is 9.47 Å². The Kier molecular flexibility index (Phi) is 5.06. The van der Waals surface area contributed by atoms with Crippen LogP contribution in [0.15, 0.2) is 85.2 Å². The van der Waals surface area contributed by atoms with E-state index in [2.05, 4.69) is 76.7 Å². The number of morpholine rings is 1. The third kappa shape index (κ3) is 3.48. The fraction of sp³-hybridized carbons (Fsp3) is 0.233. The fourth-order valence-corrected chi connectivity index (χ4v) is 5.93. The molecule has 0 saturated carbocycles. The minimum absolute atomic E-state index is 0.0482. The SMILES string of the molecule is O=C(OCC1c2ccccc2-c2ccccc21)N1C2C=C(c3ccc4nccnc4c3)CC1COC2. The lowest BCUT2D eigenvalue weighted by molar-refractivity contribution is -0.0331. The summed E-state index contributed by atoms with van der Waals surface area (Å²) in [6, 6.07) is 22.8. The third-order valence-electron chi connectivity index (χ3n) is 7.59. The second kappa shape index (κ2) is 8.57. The molecule has 1 aliphatic carbocycles. The van der Waals surface area contributed by atoms with Crippen molar-refractivity contribution >= 4 is 22.7 Å². The first kappa shape index (κ1) is 21.3. The molecule has 1 amide bonds. The van der Waals surface area contributed by atoms with Crippen molar-refractivity contribution in [2.45, 2.75) is 24.4 Å². The Morgan fingerprint density at radius 3 is 2.39 bits per heavy atom. The predicted octanol–water partition coefficient (Wildman–Crippen LogP) is 5.44. The summed E-state index contributed by atoms with van der Waals surface area (Å²) in [5, 5.41) is 0. The number of hydrogen-bond donors (Lipinski definition) is 0. The molecule has 6 heteroatoms. The summed E-state index contributed by atoms with van der Waals surface area (Å²) >= 11 is 0. The minimum atomic E-state index is -0.269. The second-order valence-corrected chi connectivity index (χ2v) is 9.63. The van der Waals surface area contributed by atoms with Crippen LogP contribution in [0.25, 0.3) is 27.7 Å². The van der Waals surface area contributed by atoms with Crippen molar-refractivity contribution in [2.75, 3.05) is 19.8 Å². The van der Waals surface area contributed by atoms with Crippen molar-refractivity contribution in [3.63, 3.8) is 0 Å². The van der Waals surface area contributed by atoms with E-state index in [0.717, 1.165) is 16.6 Å². The summed E-state index contributed by atoms with van der Waals surface area (Å²) < 4.78 is 11.8. The van der Waals surface area contributed by atoms with E-state index < -0.39 is 0 Å². The fourth-order valence-electron chi connectivity index (χ4n) is 5.93. The van der Waals surface area contributed by atoms with Crippen LogP contribution >= 0.6 is 0 Å². The van der Waals surface area contributed by atoms with Crippen LogP contribution < -0.4 is 0 Å². The molecule has 2 atom stereocenters. The molecule has 0 spiro atoms. The van der Waals surface area contributed by atoms with Crippen LogP contribution in [-0.4, -0.2) is 52.9 Å². The van der Waals surface area contributed by atoms with Gasteiger partial charge in [0.1, 0.15) is 6.61 Å². The highest BCUT2D eigenvalue weighted by Gasteiger charge is 2.40. The molecule has 0 N–H and O–H groups in total. The first-order chi connectivity index (χ1) is 17.8. The number of rotatable bonds is 3. The number of nitrogens with zero attached hydrogens (tertiary/aromatic N) is 3. The summed E-state index contributed by atoms with van der Waals surface area (Å²) in [4.78, 5) is 24.1. The van der Waals surface area contributed by atoms with Crippen molar-refractivity contribution in [1.82, 2.24) is 14.9 Å². The molecule has 2 unspecified atom stereocenters. The lowest BCUT2D eigenvalue weighted by Gasteiger charge is -2.44. The van der Waals surface area contributed by atoms with E-state index in [1.165, 1.54) is 27.8 Å². The highest BCUT2D eigenvalue weighted by Crippen LogP contribution is 2.44. The number of benzene rings is 3. The summed E-state index contributed by atoms with van der Waals surface area (Å²) in [5.41, 5.74) is 8.97. The maximum atomic E-state index is 13.4. The Balaban J connectivity index is 1.12. The van der Waals surface area contributed by atoms with Crippen LogP contribution in [0.3, 0.4) is 0 Å². The predicted molar refractivity (Wildman–Crippen MR) is 137 cm³/mol. The van der Waals surface area contributed by atoms with Crippen molar-refractivity contribution in [3.05, 3.63) is 102 Å². The summed E-state index contributed by atoms with van der Waals surface area (Å²) in [7, 11) is 0. The number of amides is 1. The quantitative estimate of drug-likeness (QED) is 0.395. The Morgan fingerprint density at radius 1 is 0.917 bits per heavy atom. The summed E-state index contributed by atoms with van der Waals surface area (Å²) in [6.45, 7) is 1.30. The van der Waals surface area contributed by atoms with Crippen molar-refractivity contribution < 1.29 is 14.3 Å². The minimum Gasteiger partial charge on any atom is -0.448 e. The Hall–Kier alpha value is -4.03. The van der Waals surface area contributed by atoms with Gasteiger partial charge in [-0.1, -0.05) is 60.7 Å². The number of fused-ring (bicyclic) bond motifs is 6. The highest BCUT2D eigenvalue weighted by atomic mass is 16.6. The van der Waals surface area contributed by atoms with E-state index in [1.54, 1.807) is 12.4 Å². The van der Waals surface area contributed by atoms with E-state index >= 15 is 0 Å². The van der Waals surface area contributed by atoms with Gasteiger partial charge in [-0.25, -0.2) is 4.79 Å². The molecule has 1 aromatic heterocycles. The van der Waals surface area contributed by atoms with Crippen molar-refractivity contribution in [2.24, 2.45) is 0 Å². The topological polar surface area (TPSA) is 64.5 Å². The number of hydrogen-bond acceptors (Lipinski definition) is 5. The van der Waals surface area contributed by atoms with Gasteiger partial charge in [-0.15, -0.1) is 0 Å². The Morgan fingerprint density at radius 2 is 1.64 bits per heavy atom. The molecular weight excluding hydrogens is 450 g/mol. The first-order valence-corrected chi connectivity index (χ1v) is 12.4. The van der Waals surface area contributed by atoms with Crippen molar-refractivity contribution in [3.8, 4) is 11.1 Å². The molecule has 0 radical (unpaired) electrons. The Labute approximate surface area is 209 Å². The monoisotopic (exact) mass is 475 g/mol. The third-order valence-corrected chi connectivity index (χ3v) is 7.59. The largest absolute Gasteiger partial charge is 0.448 e. The van der Waals surface area contributed by atoms with E-state index in [0.29, 0.717) is 26.2 Å². The summed E-state index contributed by atoms with van der Waals surface area (Å²) in [6.07, 6.45) is 6.01. The molecule has 6 nitrogen and oxygen atoms in total. The standard InChI is InChI=1S/C30H25N3O3/c34-30(36-18-27-25-7-3-1-5-23(25)24-6-2-4-8-26(24)27)33-21-13-20(14-22(33)17-35-16-21)19-9-10-28-29(15-19)32-12-11-31-28/h1-13,15,21-22,27H,14,16-18H2. The lowest BCUT2D eigenvalue weighted by atomic mass is 9.90. The zero-order valence-corrected chi connectivity index (χ0v) is 19.7. The van der Waals surface area contributed by atoms with E-state index in [1.807, 2.05) is 11.0 Å². The zero-order valence-electron chi connectivity index (χ0n) is 19.7. The molecule has 3 aromatic carbocycles. The Bertz CT molecular complexity index is 1470. The molecule has 7 rings (SSSR count). The van der Waals surface area contributed by atoms with Gasteiger partial charge in [0.15, 0.2) is 0 Å². The molecule has 3 heterocycles. The van der Waals surface area contributed by atoms with Gasteiger partial charge in [-0.3, -0.25) is 14.9 Å². The molecule has 4 aromatic rings. The molecule has 178 valence electrons. The van der Waals surface area contributed by atoms with Crippen LogP contribution in [0, 0.1) is 0 Å². The molecular formula is C30H25N3O3. The van der Waals surface area contributed by atoms with Crippen LogP contribution in [0.5, 0.6) is 0 Å². The molecule has 1 saturated heterocycles. The van der Waals surface area contributed by atoms with E-state index in [9.17, 15) is 4.79 Å². The number of carbonyl (C=O) groups is 1. The van der Waals surface area contributed by atoms with Gasteiger partial charge in [0.2, 0.25) is 0 Å². The van der Waals surface area contributed by atoms with Gasteiger partial charge < -0.3 is 9.47 Å². The van der Waals surface area contributed by atoms with E-state index in [-0.39, 0.29) is 24.1 Å². The highest BCUT2D eigenvalue weighted by molar-refractivity contribution is 5.82. The molecule has 2 bridgehead atoms. The molecule has 36 heavy (non-hydrogen) atoms. The van der Waals surface area contributed by atoms with Crippen LogP contribution in [0.1, 0.15) is 29.0 Å². The smallest absolute Gasteiger partial charge is 0.410 e. The second-order valence-electron chi connectivity index (χ2n) is 9.63. The van der Waals surface area contributed by atoms with Gasteiger partial charge in [0.05, 0.1) is 36.3 Å². The number of carbonyl (C=O) groups excluding carboxylic acids is 1. The molecule has 3 aliphatic rings. The molecule has 2 aliphatic heterocycles.